The van der Waals surface area contributed by atoms with Crippen molar-refractivity contribution >= 4 is 40.5 Å². The van der Waals surface area contributed by atoms with E-state index in [0.29, 0.717) is 23.2 Å². The zero-order chi connectivity index (χ0) is 16.0. The molecule has 0 saturated heterocycles. The fraction of sp³-hybridized carbons (Fsp3) is 0.467. The molecule has 1 aromatic rings. The van der Waals surface area contributed by atoms with E-state index >= 15 is 0 Å². The molecule has 0 aliphatic rings. The van der Waals surface area contributed by atoms with Gasteiger partial charge >= 0.3 is 0 Å². The third-order valence-corrected chi connectivity index (χ3v) is 4.17. The first kappa shape index (κ1) is 17.7. The fourth-order valence-corrected chi connectivity index (χ4v) is 2.25. The molecule has 0 fully saturated rings. The fourth-order valence-electron chi connectivity index (χ4n) is 1.90. The van der Waals surface area contributed by atoms with Crippen molar-refractivity contribution in [3.05, 3.63) is 28.8 Å². The van der Waals surface area contributed by atoms with Crippen LogP contribution in [0, 0.1) is 6.92 Å². The van der Waals surface area contributed by atoms with E-state index in [1.807, 2.05) is 39.0 Å². The molecule has 0 aromatic heterocycles. The molecule has 0 saturated carbocycles. The van der Waals surface area contributed by atoms with Gasteiger partial charge in [-0.3, -0.25) is 4.79 Å². The van der Waals surface area contributed by atoms with Crippen LogP contribution in [-0.4, -0.2) is 47.5 Å². The van der Waals surface area contributed by atoms with Crippen LogP contribution in [0.5, 0.6) is 0 Å². The molecule has 1 aromatic carbocycles. The Hall–Kier alpha value is -1.33. The van der Waals surface area contributed by atoms with Crippen molar-refractivity contribution in [2.24, 2.45) is 0 Å². The molecule has 0 heterocycles. The zero-order valence-electron chi connectivity index (χ0n) is 12.9. The topological polar surface area (TPSA) is 35.6 Å². The maximum atomic E-state index is 12.1. The molecule has 116 valence electrons. The van der Waals surface area contributed by atoms with Gasteiger partial charge in [0.2, 0.25) is 5.91 Å². The van der Waals surface area contributed by atoms with E-state index in [2.05, 4.69) is 5.32 Å². The Morgan fingerprint density at radius 3 is 2.52 bits per heavy atom. The molecule has 0 radical (unpaired) electrons. The number of hydrogen-bond acceptors (Lipinski definition) is 2. The molecule has 0 atom stereocenters. The number of nitrogens with one attached hydrogen (secondary N) is 1. The number of anilines is 1. The van der Waals surface area contributed by atoms with Gasteiger partial charge in [-0.25, -0.2) is 0 Å². The first-order chi connectivity index (χ1) is 9.90. The summed E-state index contributed by atoms with van der Waals surface area (Å²) >= 11 is 11.4. The van der Waals surface area contributed by atoms with Crippen molar-refractivity contribution in [2.75, 3.05) is 32.0 Å². The van der Waals surface area contributed by atoms with Crippen molar-refractivity contribution < 1.29 is 4.79 Å². The van der Waals surface area contributed by atoms with Crippen LogP contribution in [0.2, 0.25) is 5.02 Å². The lowest BCUT2D eigenvalue weighted by molar-refractivity contribution is -0.130. The highest BCUT2D eigenvalue weighted by atomic mass is 35.5. The van der Waals surface area contributed by atoms with Crippen LogP contribution in [0.15, 0.2) is 18.2 Å². The summed E-state index contributed by atoms with van der Waals surface area (Å²) in [6.45, 7) is 7.52. The van der Waals surface area contributed by atoms with Crippen molar-refractivity contribution in [1.29, 1.82) is 0 Å². The highest BCUT2D eigenvalue weighted by molar-refractivity contribution is 7.80. The van der Waals surface area contributed by atoms with Crippen molar-refractivity contribution in [3.63, 3.8) is 0 Å². The van der Waals surface area contributed by atoms with Gasteiger partial charge in [0.25, 0.3) is 0 Å². The van der Waals surface area contributed by atoms with Crippen molar-refractivity contribution in [1.82, 2.24) is 9.80 Å². The third kappa shape index (κ3) is 4.86. The van der Waals surface area contributed by atoms with Gasteiger partial charge in [-0.2, -0.15) is 0 Å². The Bertz CT molecular complexity index is 518. The van der Waals surface area contributed by atoms with Crippen LogP contribution in [0.25, 0.3) is 0 Å². The number of carbonyl (C=O) groups is 1. The standard InChI is InChI=1S/C15H22ClN3OS/c1-5-19(6-2)14(20)10-18(4)15(21)17-13-9-7-8-12(16)11(13)3/h7-9H,5-6,10H2,1-4H3,(H,17,21). The van der Waals surface area contributed by atoms with Gasteiger partial charge in [-0.1, -0.05) is 17.7 Å². The number of carbonyl (C=O) groups excluding carboxylic acids is 1. The Kier molecular flexibility index (Phi) is 6.92. The Balaban J connectivity index is 2.67. The molecule has 0 bridgehead atoms. The number of amides is 1. The van der Waals surface area contributed by atoms with Crippen LogP contribution in [0.1, 0.15) is 19.4 Å². The second kappa shape index (κ2) is 8.20. The van der Waals surface area contributed by atoms with E-state index in [0.717, 1.165) is 11.3 Å². The van der Waals surface area contributed by atoms with Crippen LogP contribution >= 0.6 is 23.8 Å². The zero-order valence-corrected chi connectivity index (χ0v) is 14.5. The van der Waals surface area contributed by atoms with Crippen LogP contribution < -0.4 is 5.32 Å². The lowest BCUT2D eigenvalue weighted by atomic mass is 10.2. The summed E-state index contributed by atoms with van der Waals surface area (Å²) in [7, 11) is 1.80. The van der Waals surface area contributed by atoms with Gasteiger partial charge < -0.3 is 15.1 Å². The summed E-state index contributed by atoms with van der Waals surface area (Å²) in [5.41, 5.74) is 1.79. The quantitative estimate of drug-likeness (QED) is 0.843. The summed E-state index contributed by atoms with van der Waals surface area (Å²) in [6.07, 6.45) is 0. The number of halogens is 1. The molecule has 0 unspecified atom stereocenters. The van der Waals surface area contributed by atoms with Gasteiger partial charge in [-0.15, -0.1) is 0 Å². The Morgan fingerprint density at radius 1 is 1.33 bits per heavy atom. The molecule has 6 heteroatoms. The minimum absolute atomic E-state index is 0.0643. The van der Waals surface area contributed by atoms with Gasteiger partial charge in [-0.05, 0) is 50.7 Å². The lowest BCUT2D eigenvalue weighted by Crippen LogP contribution is -2.42. The summed E-state index contributed by atoms with van der Waals surface area (Å²) in [4.78, 5) is 15.6. The smallest absolute Gasteiger partial charge is 0.242 e. The van der Waals surface area contributed by atoms with E-state index in [9.17, 15) is 4.79 Å². The molecule has 4 nitrogen and oxygen atoms in total. The number of hydrogen-bond donors (Lipinski definition) is 1. The number of likely N-dealkylation sites (N-methyl/N-ethyl adjacent to an activating group) is 2. The van der Waals surface area contributed by atoms with E-state index in [-0.39, 0.29) is 12.5 Å². The first-order valence-electron chi connectivity index (χ1n) is 6.95. The molecular weight excluding hydrogens is 306 g/mol. The SMILES string of the molecule is CCN(CC)C(=O)CN(C)C(=S)Nc1cccc(Cl)c1C. The predicted octanol–water partition coefficient (Wildman–Crippen LogP) is 3.15. The van der Waals surface area contributed by atoms with E-state index < -0.39 is 0 Å². The number of nitrogens with zero attached hydrogens (tertiary/aromatic N) is 2. The maximum Gasteiger partial charge on any atom is 0.242 e. The maximum absolute atomic E-state index is 12.1. The highest BCUT2D eigenvalue weighted by Gasteiger charge is 2.15. The molecule has 1 N–H and O–H groups in total. The van der Waals surface area contributed by atoms with Crippen molar-refractivity contribution in [2.45, 2.75) is 20.8 Å². The van der Waals surface area contributed by atoms with Crippen LogP contribution in [0.4, 0.5) is 5.69 Å². The number of benzene rings is 1. The molecule has 1 rings (SSSR count). The van der Waals surface area contributed by atoms with Crippen molar-refractivity contribution in [3.8, 4) is 0 Å². The summed E-state index contributed by atoms with van der Waals surface area (Å²) in [5, 5.41) is 4.32. The molecule has 0 aliphatic carbocycles. The second-order valence-corrected chi connectivity index (χ2v) is 5.56. The third-order valence-electron chi connectivity index (χ3n) is 3.34. The van der Waals surface area contributed by atoms with Crippen LogP contribution in [0.3, 0.4) is 0 Å². The van der Waals surface area contributed by atoms with E-state index in [1.165, 1.54) is 0 Å². The van der Waals surface area contributed by atoms with Gasteiger partial charge in [0.1, 0.15) is 0 Å². The molecule has 1 amide bonds. The highest BCUT2D eigenvalue weighted by Crippen LogP contribution is 2.23. The molecule has 0 aliphatic heterocycles. The lowest BCUT2D eigenvalue weighted by Gasteiger charge is -2.25. The van der Waals surface area contributed by atoms with E-state index in [4.69, 9.17) is 23.8 Å². The average Bonchev–Trinajstić information content (AvgIpc) is 2.45. The first-order valence-corrected chi connectivity index (χ1v) is 7.74. The second-order valence-electron chi connectivity index (χ2n) is 4.76. The minimum Gasteiger partial charge on any atom is -0.343 e. The summed E-state index contributed by atoms with van der Waals surface area (Å²) in [6, 6.07) is 5.60. The minimum atomic E-state index is 0.0643. The Morgan fingerprint density at radius 2 is 1.95 bits per heavy atom. The average molecular weight is 328 g/mol. The van der Waals surface area contributed by atoms with Gasteiger partial charge in [0.15, 0.2) is 5.11 Å². The molecule has 21 heavy (non-hydrogen) atoms. The molecular formula is C15H22ClN3OS. The summed E-state index contributed by atoms with van der Waals surface area (Å²) < 4.78 is 0. The summed E-state index contributed by atoms with van der Waals surface area (Å²) in [5.74, 6) is 0.0643. The largest absolute Gasteiger partial charge is 0.343 e. The molecule has 0 spiro atoms. The Labute approximate surface area is 137 Å². The van der Waals surface area contributed by atoms with Gasteiger partial charge in [0, 0.05) is 30.8 Å². The van der Waals surface area contributed by atoms with Crippen LogP contribution in [-0.2, 0) is 4.79 Å². The normalized spacial score (nSPS) is 10.1. The number of rotatable bonds is 5. The predicted molar refractivity (Wildman–Crippen MR) is 93.0 cm³/mol. The van der Waals surface area contributed by atoms with E-state index in [1.54, 1.807) is 16.8 Å². The number of thiocarbonyl (C=S) groups is 1. The van der Waals surface area contributed by atoms with Gasteiger partial charge in [0.05, 0.1) is 6.54 Å². The monoisotopic (exact) mass is 327 g/mol.